The van der Waals surface area contributed by atoms with Crippen molar-refractivity contribution >= 4 is 11.6 Å². The van der Waals surface area contributed by atoms with Crippen LogP contribution in [0.15, 0.2) is 24.3 Å². The summed E-state index contributed by atoms with van der Waals surface area (Å²) in [6.45, 7) is 4.76. The lowest BCUT2D eigenvalue weighted by atomic mass is 10.2. The van der Waals surface area contributed by atoms with Crippen molar-refractivity contribution in [2.24, 2.45) is 0 Å². The molecule has 100 valence electrons. The van der Waals surface area contributed by atoms with Crippen LogP contribution in [0.4, 0.5) is 5.69 Å². The Morgan fingerprint density at radius 1 is 1.39 bits per heavy atom. The molecule has 0 radical (unpaired) electrons. The van der Waals surface area contributed by atoms with E-state index in [-0.39, 0.29) is 18.6 Å². The number of ether oxygens (including phenoxy) is 1. The van der Waals surface area contributed by atoms with Crippen LogP contribution >= 0.6 is 0 Å². The number of benzene rings is 1. The monoisotopic (exact) mass is 250 g/mol. The molecule has 1 rings (SSSR count). The third-order valence-corrected chi connectivity index (χ3v) is 2.26. The number of nitrogens with one attached hydrogen (secondary N) is 1. The van der Waals surface area contributed by atoms with Gasteiger partial charge in [0.15, 0.2) is 0 Å². The number of hydrogen-bond acceptors (Lipinski definition) is 3. The van der Waals surface area contributed by atoms with Crippen molar-refractivity contribution in [2.45, 2.75) is 26.5 Å². The first-order chi connectivity index (χ1) is 8.47. The lowest BCUT2D eigenvalue weighted by molar-refractivity contribution is -0.121. The maximum absolute atomic E-state index is 11.6. The van der Waals surface area contributed by atoms with Gasteiger partial charge in [-0.05, 0) is 45.6 Å². The van der Waals surface area contributed by atoms with E-state index in [0.29, 0.717) is 0 Å². The molecule has 0 saturated carbocycles. The second-order valence-corrected chi connectivity index (χ2v) is 4.85. The third kappa shape index (κ3) is 5.80. The molecule has 1 amide bonds. The molecule has 0 aromatic heterocycles. The van der Waals surface area contributed by atoms with Gasteiger partial charge in [0.25, 0.3) is 0 Å². The molecule has 0 unspecified atom stereocenters. The molecule has 0 heterocycles. The molecule has 4 nitrogen and oxygen atoms in total. The fraction of sp³-hybridized carbons (Fsp3) is 0.500. The predicted octanol–water partition coefficient (Wildman–Crippen LogP) is 2.11. The van der Waals surface area contributed by atoms with Crippen LogP contribution in [0.1, 0.15) is 19.4 Å². The molecule has 1 aromatic carbocycles. The second-order valence-electron chi connectivity index (χ2n) is 4.85. The van der Waals surface area contributed by atoms with Crippen molar-refractivity contribution in [3.63, 3.8) is 0 Å². The van der Waals surface area contributed by atoms with Crippen LogP contribution in [0, 0.1) is 0 Å². The van der Waals surface area contributed by atoms with Crippen LogP contribution in [0.3, 0.4) is 0 Å². The fourth-order valence-electron chi connectivity index (χ4n) is 1.55. The number of hydrogen-bond donors (Lipinski definition) is 1. The van der Waals surface area contributed by atoms with Crippen LogP contribution < -0.4 is 5.32 Å². The van der Waals surface area contributed by atoms with E-state index in [4.69, 9.17) is 4.74 Å². The molecule has 0 fully saturated rings. The SMILES string of the molecule is CC(C)OCC(=O)Nc1cccc(CN(C)C)c1. The van der Waals surface area contributed by atoms with E-state index < -0.39 is 0 Å². The molecule has 1 aromatic rings. The summed E-state index contributed by atoms with van der Waals surface area (Å²) in [4.78, 5) is 13.7. The largest absolute Gasteiger partial charge is 0.369 e. The highest BCUT2D eigenvalue weighted by molar-refractivity contribution is 5.91. The molecule has 0 aliphatic heterocycles. The number of anilines is 1. The first-order valence-corrected chi connectivity index (χ1v) is 6.12. The summed E-state index contributed by atoms with van der Waals surface area (Å²) in [6, 6.07) is 7.84. The number of nitrogens with zero attached hydrogens (tertiary/aromatic N) is 1. The Labute approximate surface area is 109 Å². The Balaban J connectivity index is 2.53. The summed E-state index contributed by atoms with van der Waals surface area (Å²) >= 11 is 0. The standard InChI is InChI=1S/C14H22N2O2/c1-11(2)18-10-14(17)15-13-7-5-6-12(8-13)9-16(3)4/h5-8,11H,9-10H2,1-4H3,(H,15,17). The van der Waals surface area contributed by atoms with Crippen molar-refractivity contribution in [1.29, 1.82) is 0 Å². The van der Waals surface area contributed by atoms with E-state index in [9.17, 15) is 4.79 Å². The van der Waals surface area contributed by atoms with Crippen molar-refractivity contribution in [3.05, 3.63) is 29.8 Å². The number of carbonyl (C=O) groups is 1. The van der Waals surface area contributed by atoms with Crippen molar-refractivity contribution in [1.82, 2.24) is 4.90 Å². The highest BCUT2D eigenvalue weighted by Crippen LogP contribution is 2.11. The van der Waals surface area contributed by atoms with E-state index in [1.807, 2.05) is 52.2 Å². The van der Waals surface area contributed by atoms with E-state index in [0.717, 1.165) is 12.2 Å². The summed E-state index contributed by atoms with van der Waals surface area (Å²) in [5, 5.41) is 2.83. The Bertz CT molecular complexity index is 389. The number of amides is 1. The molecule has 0 saturated heterocycles. The van der Waals surface area contributed by atoms with Crippen molar-refractivity contribution < 1.29 is 9.53 Å². The molecule has 0 aliphatic rings. The number of rotatable bonds is 6. The summed E-state index contributed by atoms with van der Waals surface area (Å²) in [5.41, 5.74) is 1.98. The van der Waals surface area contributed by atoms with E-state index >= 15 is 0 Å². The minimum absolute atomic E-state index is 0.0656. The lowest BCUT2D eigenvalue weighted by Gasteiger charge is -2.12. The Hall–Kier alpha value is -1.39. The Morgan fingerprint density at radius 2 is 2.11 bits per heavy atom. The first kappa shape index (κ1) is 14.7. The quantitative estimate of drug-likeness (QED) is 0.840. The minimum atomic E-state index is -0.120. The topological polar surface area (TPSA) is 41.6 Å². The smallest absolute Gasteiger partial charge is 0.250 e. The van der Waals surface area contributed by atoms with E-state index in [2.05, 4.69) is 10.2 Å². The highest BCUT2D eigenvalue weighted by Gasteiger charge is 2.04. The van der Waals surface area contributed by atoms with Gasteiger partial charge in [0.2, 0.25) is 5.91 Å². The maximum atomic E-state index is 11.6. The molecule has 4 heteroatoms. The van der Waals surface area contributed by atoms with Crippen LogP contribution in [0.2, 0.25) is 0 Å². The Kier molecular flexibility index (Phi) is 5.82. The van der Waals surface area contributed by atoms with Crippen LogP contribution in [0.5, 0.6) is 0 Å². The highest BCUT2D eigenvalue weighted by atomic mass is 16.5. The van der Waals surface area contributed by atoms with Gasteiger partial charge in [-0.3, -0.25) is 4.79 Å². The van der Waals surface area contributed by atoms with E-state index in [1.54, 1.807) is 0 Å². The zero-order valence-corrected chi connectivity index (χ0v) is 11.6. The van der Waals surface area contributed by atoms with Gasteiger partial charge >= 0.3 is 0 Å². The Morgan fingerprint density at radius 3 is 2.72 bits per heavy atom. The van der Waals surface area contributed by atoms with Gasteiger partial charge in [-0.15, -0.1) is 0 Å². The van der Waals surface area contributed by atoms with Crippen molar-refractivity contribution in [2.75, 3.05) is 26.0 Å². The van der Waals surface area contributed by atoms with Gasteiger partial charge in [-0.2, -0.15) is 0 Å². The molecule has 0 spiro atoms. The van der Waals surface area contributed by atoms with Gasteiger partial charge < -0.3 is 15.0 Å². The predicted molar refractivity (Wildman–Crippen MR) is 73.6 cm³/mol. The summed E-state index contributed by atoms with van der Waals surface area (Å²) in [5.74, 6) is -0.120. The maximum Gasteiger partial charge on any atom is 0.250 e. The average molecular weight is 250 g/mol. The van der Waals surface area contributed by atoms with E-state index in [1.165, 1.54) is 5.56 Å². The third-order valence-electron chi connectivity index (χ3n) is 2.26. The van der Waals surface area contributed by atoms with Gasteiger partial charge in [0.1, 0.15) is 6.61 Å². The summed E-state index contributed by atoms with van der Waals surface area (Å²) in [7, 11) is 4.03. The molecule has 1 N–H and O–H groups in total. The molecule has 0 bridgehead atoms. The number of carbonyl (C=O) groups excluding carboxylic acids is 1. The summed E-state index contributed by atoms with van der Waals surface area (Å²) < 4.78 is 5.25. The van der Waals surface area contributed by atoms with Crippen molar-refractivity contribution in [3.8, 4) is 0 Å². The minimum Gasteiger partial charge on any atom is -0.369 e. The molecular weight excluding hydrogens is 228 g/mol. The van der Waals surface area contributed by atoms with Gasteiger partial charge in [0, 0.05) is 12.2 Å². The molecular formula is C14H22N2O2. The normalized spacial score (nSPS) is 11.0. The van der Waals surface area contributed by atoms with Crippen LogP contribution in [-0.4, -0.2) is 37.6 Å². The average Bonchev–Trinajstić information content (AvgIpc) is 2.26. The lowest BCUT2D eigenvalue weighted by Crippen LogP contribution is -2.20. The first-order valence-electron chi connectivity index (χ1n) is 6.12. The van der Waals surface area contributed by atoms with Crippen LogP contribution in [0.25, 0.3) is 0 Å². The molecule has 0 aliphatic carbocycles. The summed E-state index contributed by atoms with van der Waals surface area (Å²) in [6.07, 6.45) is 0.0656. The zero-order chi connectivity index (χ0) is 13.5. The fourth-order valence-corrected chi connectivity index (χ4v) is 1.55. The molecule has 0 atom stereocenters. The van der Waals surface area contributed by atoms with Gasteiger partial charge in [0.05, 0.1) is 6.10 Å². The second kappa shape index (κ2) is 7.13. The van der Waals surface area contributed by atoms with Gasteiger partial charge in [-0.25, -0.2) is 0 Å². The van der Waals surface area contributed by atoms with Gasteiger partial charge in [-0.1, -0.05) is 12.1 Å². The van der Waals surface area contributed by atoms with Crippen LogP contribution in [-0.2, 0) is 16.1 Å². The molecule has 18 heavy (non-hydrogen) atoms. The zero-order valence-electron chi connectivity index (χ0n) is 11.6.